The summed E-state index contributed by atoms with van der Waals surface area (Å²) in [7, 11) is 0. The van der Waals surface area contributed by atoms with E-state index in [0.717, 1.165) is 9.86 Å². The van der Waals surface area contributed by atoms with E-state index in [1.807, 2.05) is 26.0 Å². The lowest BCUT2D eigenvalue weighted by atomic mass is 9.96. The molecule has 3 heterocycles. The van der Waals surface area contributed by atoms with E-state index in [1.165, 1.54) is 4.90 Å². The van der Waals surface area contributed by atoms with Gasteiger partial charge in [-0.05, 0) is 56.2 Å². The predicted octanol–water partition coefficient (Wildman–Crippen LogP) is 4.98. The highest BCUT2D eigenvalue weighted by molar-refractivity contribution is 9.10. The second-order valence-electron chi connectivity index (χ2n) is 7.84. The van der Waals surface area contributed by atoms with Gasteiger partial charge in [0, 0.05) is 35.4 Å². The fourth-order valence-corrected chi connectivity index (χ4v) is 4.19. The van der Waals surface area contributed by atoms with Gasteiger partial charge in [0.2, 0.25) is 5.78 Å². The molecule has 1 atom stereocenters. The molecule has 1 aliphatic rings. The zero-order valence-electron chi connectivity index (χ0n) is 17.7. The van der Waals surface area contributed by atoms with Crippen molar-refractivity contribution in [1.82, 2.24) is 9.88 Å². The molecule has 8 heteroatoms. The lowest BCUT2D eigenvalue weighted by Crippen LogP contribution is -2.32. The summed E-state index contributed by atoms with van der Waals surface area (Å²) in [6.45, 7) is 4.66. The summed E-state index contributed by atoms with van der Waals surface area (Å²) >= 11 is 3.40. The van der Waals surface area contributed by atoms with Crippen LogP contribution < -0.4 is 0 Å². The molecule has 1 N–H and O–H groups in total. The molecule has 1 amide bonds. The first-order valence-corrected chi connectivity index (χ1v) is 11.2. The molecule has 0 saturated carbocycles. The number of aliphatic hydroxyl groups is 1. The molecule has 2 aromatic heterocycles. The maximum Gasteiger partial charge on any atom is 0.290 e. The largest absolute Gasteiger partial charge is 0.503 e. The van der Waals surface area contributed by atoms with Gasteiger partial charge in [0.15, 0.2) is 11.5 Å². The number of halogens is 1. The highest BCUT2D eigenvalue weighted by Gasteiger charge is 2.44. The van der Waals surface area contributed by atoms with Crippen molar-refractivity contribution in [2.24, 2.45) is 0 Å². The number of ether oxygens (including phenoxy) is 1. The van der Waals surface area contributed by atoms with Gasteiger partial charge in [-0.15, -0.1) is 0 Å². The first kappa shape index (κ1) is 22.2. The Bertz CT molecular complexity index is 1190. The van der Waals surface area contributed by atoms with Crippen molar-refractivity contribution in [2.75, 3.05) is 13.2 Å². The van der Waals surface area contributed by atoms with Gasteiger partial charge in [0.1, 0.15) is 5.58 Å². The van der Waals surface area contributed by atoms with Crippen LogP contribution in [0, 0.1) is 0 Å². The SMILES string of the molecule is CC(C)OCCCN1C(=O)C(O)=C(C(=O)c2cc3cc(Br)ccc3o2)C1c1cccnc1. The van der Waals surface area contributed by atoms with E-state index in [-0.39, 0.29) is 17.4 Å². The number of carbonyl (C=O) groups excluding carboxylic acids is 2. The standard InChI is InChI=1S/C24H23BrN2O5/c1-14(2)31-10-4-9-27-21(15-5-3-8-26-13-15)20(23(29)24(27)30)22(28)19-12-16-11-17(25)6-7-18(16)32-19/h3,5-8,11-14,21,29H,4,9-10H2,1-2H3. The number of fused-ring (bicyclic) bond motifs is 1. The van der Waals surface area contributed by atoms with Gasteiger partial charge in [0.05, 0.1) is 17.7 Å². The van der Waals surface area contributed by atoms with E-state index < -0.39 is 23.5 Å². The number of aromatic nitrogens is 1. The van der Waals surface area contributed by atoms with Crippen LogP contribution in [0.2, 0.25) is 0 Å². The third-order valence-corrected chi connectivity index (χ3v) is 5.74. The van der Waals surface area contributed by atoms with Gasteiger partial charge in [-0.2, -0.15) is 0 Å². The molecule has 4 rings (SSSR count). The maximum atomic E-state index is 13.5. The summed E-state index contributed by atoms with van der Waals surface area (Å²) < 4.78 is 12.2. The van der Waals surface area contributed by atoms with Gasteiger partial charge in [-0.25, -0.2) is 0 Å². The van der Waals surface area contributed by atoms with Crippen LogP contribution in [0.15, 0.2) is 69.0 Å². The van der Waals surface area contributed by atoms with E-state index in [0.29, 0.717) is 30.7 Å². The molecule has 7 nitrogen and oxygen atoms in total. The molecule has 1 unspecified atom stereocenters. The third-order valence-electron chi connectivity index (χ3n) is 5.25. The summed E-state index contributed by atoms with van der Waals surface area (Å²) in [6, 6.07) is 9.78. The van der Waals surface area contributed by atoms with Crippen LogP contribution in [0.4, 0.5) is 0 Å². The minimum atomic E-state index is -0.761. The first-order chi connectivity index (χ1) is 15.4. The summed E-state index contributed by atoms with van der Waals surface area (Å²) in [5.41, 5.74) is 1.17. The molecule has 1 aliphatic heterocycles. The Labute approximate surface area is 193 Å². The minimum absolute atomic E-state index is 0.00843. The number of hydrogen-bond donors (Lipinski definition) is 1. The molecule has 0 fully saturated rings. The molecule has 0 spiro atoms. The van der Waals surface area contributed by atoms with Crippen LogP contribution in [0.25, 0.3) is 11.0 Å². The second-order valence-corrected chi connectivity index (χ2v) is 8.76. The Morgan fingerprint density at radius 1 is 1.31 bits per heavy atom. The van der Waals surface area contributed by atoms with Crippen molar-refractivity contribution < 1.29 is 23.8 Å². The molecule has 0 aliphatic carbocycles. The molecular weight excluding hydrogens is 476 g/mol. The normalized spacial score (nSPS) is 16.6. The lowest BCUT2D eigenvalue weighted by Gasteiger charge is -2.26. The highest BCUT2D eigenvalue weighted by Crippen LogP contribution is 2.39. The number of nitrogens with zero attached hydrogens (tertiary/aromatic N) is 2. The smallest absolute Gasteiger partial charge is 0.290 e. The van der Waals surface area contributed by atoms with E-state index in [2.05, 4.69) is 20.9 Å². The van der Waals surface area contributed by atoms with E-state index in [1.54, 1.807) is 36.7 Å². The number of pyridine rings is 1. The number of amides is 1. The number of benzene rings is 1. The van der Waals surface area contributed by atoms with E-state index >= 15 is 0 Å². The maximum absolute atomic E-state index is 13.5. The second kappa shape index (κ2) is 9.26. The number of ketones is 1. The number of Topliss-reactive ketones (excluding diaryl/α,β-unsaturated/α-hetero) is 1. The number of carbonyl (C=O) groups is 2. The van der Waals surface area contributed by atoms with Crippen LogP contribution in [0.5, 0.6) is 0 Å². The fraction of sp³-hybridized carbons (Fsp3) is 0.292. The molecule has 32 heavy (non-hydrogen) atoms. The van der Waals surface area contributed by atoms with Gasteiger partial charge in [-0.1, -0.05) is 22.0 Å². The van der Waals surface area contributed by atoms with Crippen LogP contribution in [-0.2, 0) is 9.53 Å². The molecule has 3 aromatic rings. The van der Waals surface area contributed by atoms with Crippen LogP contribution in [0.3, 0.4) is 0 Å². The van der Waals surface area contributed by atoms with Gasteiger partial charge in [0.25, 0.3) is 5.91 Å². The number of furan rings is 1. The van der Waals surface area contributed by atoms with E-state index in [9.17, 15) is 14.7 Å². The van der Waals surface area contributed by atoms with Gasteiger partial charge in [-0.3, -0.25) is 14.6 Å². The number of hydrogen-bond acceptors (Lipinski definition) is 6. The fourth-order valence-electron chi connectivity index (χ4n) is 3.81. The highest BCUT2D eigenvalue weighted by atomic mass is 79.9. The zero-order valence-corrected chi connectivity index (χ0v) is 19.3. The molecule has 0 saturated heterocycles. The third kappa shape index (κ3) is 4.33. The quantitative estimate of drug-likeness (QED) is 0.347. The Hall–Kier alpha value is -2.97. The van der Waals surface area contributed by atoms with E-state index in [4.69, 9.17) is 9.15 Å². The Morgan fingerprint density at radius 2 is 2.12 bits per heavy atom. The molecule has 1 aromatic carbocycles. The van der Waals surface area contributed by atoms with Gasteiger partial charge >= 0.3 is 0 Å². The van der Waals surface area contributed by atoms with Gasteiger partial charge < -0.3 is 19.2 Å². The first-order valence-electron chi connectivity index (χ1n) is 10.4. The summed E-state index contributed by atoms with van der Waals surface area (Å²) in [5.74, 6) is -1.62. The Kier molecular flexibility index (Phi) is 6.43. The van der Waals surface area contributed by atoms with Crippen LogP contribution in [0.1, 0.15) is 42.4 Å². The van der Waals surface area contributed by atoms with Crippen molar-refractivity contribution in [1.29, 1.82) is 0 Å². The number of aliphatic hydroxyl groups excluding tert-OH is 1. The number of rotatable bonds is 8. The lowest BCUT2D eigenvalue weighted by molar-refractivity contribution is -0.129. The average molecular weight is 499 g/mol. The topological polar surface area (TPSA) is 92.9 Å². The summed E-state index contributed by atoms with van der Waals surface area (Å²) in [4.78, 5) is 32.0. The van der Waals surface area contributed by atoms with Crippen LogP contribution >= 0.6 is 15.9 Å². The summed E-state index contributed by atoms with van der Waals surface area (Å²) in [6.07, 6.45) is 3.85. The van der Waals surface area contributed by atoms with Crippen molar-refractivity contribution >= 4 is 38.6 Å². The van der Waals surface area contributed by atoms with Crippen LogP contribution in [-0.4, -0.2) is 45.9 Å². The predicted molar refractivity (Wildman–Crippen MR) is 122 cm³/mol. The molecule has 166 valence electrons. The average Bonchev–Trinajstić information content (AvgIpc) is 3.30. The molecule has 0 radical (unpaired) electrons. The molecule has 0 bridgehead atoms. The van der Waals surface area contributed by atoms with Crippen molar-refractivity contribution in [3.63, 3.8) is 0 Å². The van der Waals surface area contributed by atoms with Crippen molar-refractivity contribution in [2.45, 2.75) is 32.4 Å². The Morgan fingerprint density at radius 3 is 2.84 bits per heavy atom. The summed E-state index contributed by atoms with van der Waals surface area (Å²) in [5, 5.41) is 11.5. The zero-order chi connectivity index (χ0) is 22.8. The van der Waals surface area contributed by atoms with Crippen molar-refractivity contribution in [3.8, 4) is 0 Å². The Balaban J connectivity index is 1.69. The monoisotopic (exact) mass is 498 g/mol. The molecular formula is C24H23BrN2O5. The minimum Gasteiger partial charge on any atom is -0.503 e. The van der Waals surface area contributed by atoms with Crippen molar-refractivity contribution in [3.05, 3.63) is 75.9 Å².